The predicted molar refractivity (Wildman–Crippen MR) is 55.2 cm³/mol. The van der Waals surface area contributed by atoms with Crippen molar-refractivity contribution in [1.82, 2.24) is 5.32 Å². The Morgan fingerprint density at radius 3 is 3.00 bits per heavy atom. The van der Waals surface area contributed by atoms with Crippen LogP contribution in [-0.4, -0.2) is 23.0 Å². The van der Waals surface area contributed by atoms with Crippen molar-refractivity contribution in [3.8, 4) is 10.8 Å². The summed E-state index contributed by atoms with van der Waals surface area (Å²) in [6.45, 7) is 2.13. The van der Waals surface area contributed by atoms with E-state index in [1.807, 2.05) is 11.8 Å². The molecule has 0 spiro atoms. The molecule has 0 radical (unpaired) electrons. The van der Waals surface area contributed by atoms with E-state index in [4.69, 9.17) is 0 Å². The van der Waals surface area contributed by atoms with Gasteiger partial charge in [0, 0.05) is 33.1 Å². The summed E-state index contributed by atoms with van der Waals surface area (Å²) in [7, 11) is 0. The maximum Gasteiger partial charge on any atom is 0.297 e. The van der Waals surface area contributed by atoms with Crippen LogP contribution in [0.4, 0.5) is 0 Å². The van der Waals surface area contributed by atoms with Crippen LogP contribution in [0.2, 0.25) is 0 Å². The molecule has 1 aliphatic heterocycles. The van der Waals surface area contributed by atoms with Gasteiger partial charge in [-0.15, -0.1) is 0 Å². The third-order valence-electron chi connectivity index (χ3n) is 1.85. The first-order valence-electron chi connectivity index (χ1n) is 3.78. The van der Waals surface area contributed by atoms with Crippen molar-refractivity contribution >= 4 is 33.6 Å². The van der Waals surface area contributed by atoms with Crippen molar-refractivity contribution in [1.29, 1.82) is 0 Å². The number of hydrogen-bond donors (Lipinski definition) is 1. The summed E-state index contributed by atoms with van der Waals surface area (Å²) in [6.07, 6.45) is 1.06. The van der Waals surface area contributed by atoms with E-state index in [1.165, 1.54) is 0 Å². The zero-order chi connectivity index (χ0) is 8.97. The Hall–Kier alpha value is -0.140. The van der Waals surface area contributed by atoms with Gasteiger partial charge in [0.1, 0.15) is 0 Å². The Bertz CT molecular complexity index is 233. The minimum absolute atomic E-state index is 0.189. The van der Waals surface area contributed by atoms with Gasteiger partial charge in [-0.1, -0.05) is 6.92 Å². The number of nitrogens with one attached hydrogen (secondary N) is 1. The summed E-state index contributed by atoms with van der Waals surface area (Å²) < 4.78 is 0. The number of hydrogen-bond acceptors (Lipinski definition) is 2. The van der Waals surface area contributed by atoms with Crippen LogP contribution >= 0.6 is 27.7 Å². The second-order valence-electron chi connectivity index (χ2n) is 2.66. The van der Waals surface area contributed by atoms with Crippen LogP contribution in [0.3, 0.4) is 0 Å². The van der Waals surface area contributed by atoms with Gasteiger partial charge in [0.2, 0.25) is 0 Å². The topological polar surface area (TPSA) is 29.1 Å². The Morgan fingerprint density at radius 2 is 2.50 bits per heavy atom. The lowest BCUT2D eigenvalue weighted by Crippen LogP contribution is -2.37. The number of thioether (sulfide) groups is 1. The quantitative estimate of drug-likeness (QED) is 0.710. The van der Waals surface area contributed by atoms with E-state index in [0.29, 0.717) is 11.3 Å². The first kappa shape index (κ1) is 9.94. The normalized spacial score (nSPS) is 27.5. The SMILES string of the molecule is CC1SCCC1NC(=O)C#CBr. The minimum Gasteiger partial charge on any atom is -0.341 e. The lowest BCUT2D eigenvalue weighted by molar-refractivity contribution is -0.116. The van der Waals surface area contributed by atoms with Gasteiger partial charge in [0.15, 0.2) is 0 Å². The van der Waals surface area contributed by atoms with Crippen molar-refractivity contribution in [3.63, 3.8) is 0 Å². The number of carbonyl (C=O) groups excluding carboxylic acids is 1. The molecule has 12 heavy (non-hydrogen) atoms. The van der Waals surface area contributed by atoms with Gasteiger partial charge >= 0.3 is 0 Å². The van der Waals surface area contributed by atoms with Crippen molar-refractivity contribution in [3.05, 3.63) is 0 Å². The Morgan fingerprint density at radius 1 is 1.75 bits per heavy atom. The van der Waals surface area contributed by atoms with E-state index in [9.17, 15) is 4.79 Å². The first-order chi connectivity index (χ1) is 5.74. The highest BCUT2D eigenvalue weighted by atomic mass is 79.9. The molecular formula is C8H10BrNOS. The zero-order valence-corrected chi connectivity index (χ0v) is 9.17. The fourth-order valence-corrected chi connectivity index (χ4v) is 2.55. The van der Waals surface area contributed by atoms with Gasteiger partial charge in [0.25, 0.3) is 5.91 Å². The predicted octanol–water partition coefficient (Wildman–Crippen LogP) is 1.35. The fraction of sp³-hybridized carbons (Fsp3) is 0.625. The molecule has 0 aromatic heterocycles. The largest absolute Gasteiger partial charge is 0.341 e. The van der Waals surface area contributed by atoms with E-state index >= 15 is 0 Å². The van der Waals surface area contributed by atoms with Gasteiger partial charge in [-0.25, -0.2) is 0 Å². The van der Waals surface area contributed by atoms with Crippen molar-refractivity contribution in [2.24, 2.45) is 0 Å². The molecule has 0 aromatic rings. The molecule has 1 amide bonds. The lowest BCUT2D eigenvalue weighted by atomic mass is 10.2. The summed E-state index contributed by atoms with van der Waals surface area (Å²) >= 11 is 4.78. The molecule has 1 aliphatic rings. The molecule has 1 saturated heterocycles. The molecule has 2 unspecified atom stereocenters. The molecule has 1 heterocycles. The van der Waals surface area contributed by atoms with Crippen LogP contribution in [-0.2, 0) is 4.79 Å². The molecule has 2 atom stereocenters. The number of carbonyl (C=O) groups is 1. The molecule has 0 aromatic carbocycles. The summed E-state index contributed by atoms with van der Waals surface area (Å²) in [5, 5.41) is 3.39. The first-order valence-corrected chi connectivity index (χ1v) is 5.62. The summed E-state index contributed by atoms with van der Waals surface area (Å²) in [5.74, 6) is 3.34. The molecule has 0 aliphatic carbocycles. The number of rotatable bonds is 1. The van der Waals surface area contributed by atoms with Gasteiger partial charge in [-0.3, -0.25) is 4.79 Å². The van der Waals surface area contributed by atoms with Crippen LogP contribution in [0, 0.1) is 10.8 Å². The highest BCUT2D eigenvalue weighted by Gasteiger charge is 2.24. The fourth-order valence-electron chi connectivity index (χ4n) is 1.17. The second kappa shape index (κ2) is 4.78. The average molecular weight is 248 g/mol. The van der Waals surface area contributed by atoms with Gasteiger partial charge in [0.05, 0.1) is 0 Å². The summed E-state index contributed by atoms with van der Waals surface area (Å²) in [6, 6.07) is 0.302. The van der Waals surface area contributed by atoms with Gasteiger partial charge < -0.3 is 5.32 Å². The standard InChI is InChI=1S/C8H10BrNOS/c1-6-7(3-5-12-6)10-8(11)2-4-9/h6-7H,3,5H2,1H3,(H,10,11). The van der Waals surface area contributed by atoms with Crippen LogP contribution < -0.4 is 5.32 Å². The highest BCUT2D eigenvalue weighted by Crippen LogP contribution is 2.25. The summed E-state index contributed by atoms with van der Waals surface area (Å²) in [5.41, 5.74) is 0. The molecule has 2 nitrogen and oxygen atoms in total. The van der Waals surface area contributed by atoms with Crippen LogP contribution in [0.5, 0.6) is 0 Å². The number of halogens is 1. The van der Waals surface area contributed by atoms with E-state index in [-0.39, 0.29) is 5.91 Å². The molecule has 0 bridgehead atoms. The van der Waals surface area contributed by atoms with E-state index in [0.717, 1.165) is 12.2 Å². The van der Waals surface area contributed by atoms with Gasteiger partial charge in [-0.2, -0.15) is 11.8 Å². The zero-order valence-electron chi connectivity index (χ0n) is 6.76. The second-order valence-corrected chi connectivity index (χ2v) is 4.55. The molecule has 4 heteroatoms. The molecule has 1 N–H and O–H groups in total. The average Bonchev–Trinajstić information content (AvgIpc) is 2.37. The molecular weight excluding hydrogens is 238 g/mol. The Balaban J connectivity index is 2.38. The van der Waals surface area contributed by atoms with Crippen LogP contribution in [0.25, 0.3) is 0 Å². The lowest BCUT2D eigenvalue weighted by Gasteiger charge is -2.13. The van der Waals surface area contributed by atoms with Crippen molar-refractivity contribution < 1.29 is 4.79 Å². The smallest absolute Gasteiger partial charge is 0.297 e. The van der Waals surface area contributed by atoms with E-state index in [1.54, 1.807) is 0 Å². The summed E-state index contributed by atoms with van der Waals surface area (Å²) in [4.78, 5) is 13.4. The Kier molecular flexibility index (Phi) is 3.96. The third kappa shape index (κ3) is 2.72. The van der Waals surface area contributed by atoms with Crippen molar-refractivity contribution in [2.75, 3.05) is 5.75 Å². The molecule has 1 rings (SSSR count). The van der Waals surface area contributed by atoms with Crippen LogP contribution in [0.15, 0.2) is 0 Å². The number of amides is 1. The molecule has 66 valence electrons. The monoisotopic (exact) mass is 247 g/mol. The van der Waals surface area contributed by atoms with E-state index < -0.39 is 0 Å². The highest BCUT2D eigenvalue weighted by molar-refractivity contribution is 9.12. The third-order valence-corrected chi connectivity index (χ3v) is 3.38. The maximum atomic E-state index is 11.0. The maximum absolute atomic E-state index is 11.0. The minimum atomic E-state index is -0.189. The van der Waals surface area contributed by atoms with Gasteiger partial charge in [-0.05, 0) is 17.0 Å². The Labute approximate surface area is 85.0 Å². The van der Waals surface area contributed by atoms with E-state index in [2.05, 4.69) is 38.9 Å². The van der Waals surface area contributed by atoms with Crippen LogP contribution in [0.1, 0.15) is 13.3 Å². The molecule has 1 fully saturated rings. The van der Waals surface area contributed by atoms with Crippen molar-refractivity contribution in [2.45, 2.75) is 24.6 Å². The molecule has 0 saturated carbocycles.